The van der Waals surface area contributed by atoms with Crippen molar-refractivity contribution in [1.82, 2.24) is 14.3 Å². The molecule has 7 nitrogen and oxygen atoms in total. The van der Waals surface area contributed by atoms with E-state index in [9.17, 15) is 14.8 Å². The predicted molar refractivity (Wildman–Crippen MR) is 99.0 cm³/mol. The van der Waals surface area contributed by atoms with Gasteiger partial charge in [-0.15, -0.1) is 0 Å². The van der Waals surface area contributed by atoms with Crippen LogP contribution in [-0.2, 0) is 11.3 Å². The van der Waals surface area contributed by atoms with Gasteiger partial charge in [-0.3, -0.25) is 9.59 Å². The number of aromatic nitrogens is 3. The number of halogens is 2. The van der Waals surface area contributed by atoms with Crippen molar-refractivity contribution in [3.05, 3.63) is 57.9 Å². The van der Waals surface area contributed by atoms with Crippen molar-refractivity contribution in [2.75, 3.05) is 0 Å². The van der Waals surface area contributed by atoms with Crippen molar-refractivity contribution >= 4 is 45.9 Å². The molecule has 3 aromatic heterocycles. The van der Waals surface area contributed by atoms with E-state index < -0.39 is 11.7 Å². The maximum absolute atomic E-state index is 12.7. The first-order valence-corrected chi connectivity index (χ1v) is 9.03. The molecule has 1 amide bonds. The lowest BCUT2D eigenvalue weighted by atomic mass is 10.1. The molecule has 0 aromatic carbocycles. The fourth-order valence-electron chi connectivity index (χ4n) is 2.90. The zero-order chi connectivity index (χ0) is 19.1. The van der Waals surface area contributed by atoms with Gasteiger partial charge in [-0.1, -0.05) is 23.2 Å². The molecule has 1 N–H and O–H groups in total. The van der Waals surface area contributed by atoms with Gasteiger partial charge >= 0.3 is 5.91 Å². The number of rotatable bonds is 4. The van der Waals surface area contributed by atoms with E-state index in [1.165, 1.54) is 0 Å². The van der Waals surface area contributed by atoms with Crippen LogP contribution >= 0.6 is 23.2 Å². The Morgan fingerprint density at radius 3 is 2.59 bits per heavy atom. The predicted octanol–water partition coefficient (Wildman–Crippen LogP) is 3.10. The average molecular weight is 405 g/mol. The number of pyridine rings is 2. The third-order valence-electron chi connectivity index (χ3n) is 4.38. The average Bonchev–Trinajstić information content (AvgIpc) is 3.37. The Bertz CT molecular complexity index is 1120. The number of hydrogen-bond acceptors (Lipinski definition) is 4. The number of fused-ring (bicyclic) bond motifs is 1. The highest BCUT2D eigenvalue weighted by Gasteiger charge is 2.26. The molecule has 1 fully saturated rings. The monoisotopic (exact) mass is 404 g/mol. The maximum atomic E-state index is 12.7. The van der Waals surface area contributed by atoms with Gasteiger partial charge in [0.05, 0.1) is 28.0 Å². The summed E-state index contributed by atoms with van der Waals surface area (Å²) in [6, 6.07) is 3.47. The van der Waals surface area contributed by atoms with E-state index >= 15 is 0 Å². The van der Waals surface area contributed by atoms with Gasteiger partial charge in [-0.05, 0) is 30.9 Å². The van der Waals surface area contributed by atoms with Crippen LogP contribution in [0.4, 0.5) is 0 Å². The molecule has 0 spiro atoms. The quantitative estimate of drug-likeness (QED) is 0.410. The van der Waals surface area contributed by atoms with E-state index in [0.717, 1.165) is 31.8 Å². The molecule has 0 saturated heterocycles. The van der Waals surface area contributed by atoms with Gasteiger partial charge in [0.1, 0.15) is 11.0 Å². The molecule has 1 saturated carbocycles. The third-order valence-corrected chi connectivity index (χ3v) is 4.93. The fraction of sp³-hybridized carbons (Fsp3) is 0.222. The summed E-state index contributed by atoms with van der Waals surface area (Å²) in [6.07, 6.45) is 7.85. The largest absolute Gasteiger partial charge is 0.429 e. The van der Waals surface area contributed by atoms with Gasteiger partial charge in [0.25, 0.3) is 5.78 Å². The minimum Gasteiger partial charge on any atom is -0.429 e. The first-order chi connectivity index (χ1) is 12.9. The molecule has 0 atom stereocenters. The second-order valence-corrected chi connectivity index (χ2v) is 7.26. The molecule has 1 aliphatic rings. The van der Waals surface area contributed by atoms with Crippen LogP contribution in [0.15, 0.2) is 41.9 Å². The first-order valence-electron chi connectivity index (χ1n) is 8.28. The minimum absolute atomic E-state index is 0.0519. The Kier molecular flexibility index (Phi) is 4.49. The lowest BCUT2D eigenvalue weighted by Crippen LogP contribution is -2.18. The van der Waals surface area contributed by atoms with Crippen molar-refractivity contribution in [3.8, 4) is 0 Å². The summed E-state index contributed by atoms with van der Waals surface area (Å²) in [7, 11) is 0. The van der Waals surface area contributed by atoms with E-state index in [4.69, 9.17) is 23.2 Å². The normalized spacial score (nSPS) is 13.7. The van der Waals surface area contributed by atoms with Crippen molar-refractivity contribution < 1.29 is 14.8 Å². The van der Waals surface area contributed by atoms with Gasteiger partial charge in [0, 0.05) is 24.3 Å². The van der Waals surface area contributed by atoms with Crippen molar-refractivity contribution in [3.63, 3.8) is 0 Å². The molecule has 3 aromatic rings. The van der Waals surface area contributed by atoms with Crippen LogP contribution in [0, 0.1) is 5.92 Å². The molecule has 27 heavy (non-hydrogen) atoms. The summed E-state index contributed by atoms with van der Waals surface area (Å²) in [6.45, 7) is 0.763. The lowest BCUT2D eigenvalue weighted by molar-refractivity contribution is -0.114. The second kappa shape index (κ2) is 6.83. The van der Waals surface area contributed by atoms with Crippen molar-refractivity contribution in [2.24, 2.45) is 10.9 Å². The van der Waals surface area contributed by atoms with Crippen molar-refractivity contribution in [2.45, 2.75) is 19.4 Å². The van der Waals surface area contributed by atoms with Gasteiger partial charge in [-0.25, -0.2) is 9.98 Å². The number of hydrogen-bond donors (Lipinski definition) is 1. The summed E-state index contributed by atoms with van der Waals surface area (Å²) in [5, 5.41) is 9.81. The lowest BCUT2D eigenvalue weighted by Gasteiger charge is -2.01. The zero-order valence-corrected chi connectivity index (χ0v) is 15.5. The number of ketones is 1. The van der Waals surface area contributed by atoms with E-state index in [2.05, 4.69) is 9.98 Å². The minimum atomic E-state index is -0.996. The smallest absolute Gasteiger partial charge is 0.318 e. The Morgan fingerprint density at radius 2 is 1.93 bits per heavy atom. The molecule has 138 valence electrons. The highest BCUT2D eigenvalue weighted by molar-refractivity contribution is 6.45. The van der Waals surface area contributed by atoms with Gasteiger partial charge in [0.15, 0.2) is 0 Å². The molecule has 1 aliphatic carbocycles. The Morgan fingerprint density at radius 1 is 1.22 bits per heavy atom. The van der Waals surface area contributed by atoms with Crippen LogP contribution in [0.2, 0.25) is 10.0 Å². The number of nitrogens with zero attached hydrogens (tertiary/aromatic N) is 4. The Labute approximate surface area is 163 Å². The van der Waals surface area contributed by atoms with E-state index in [-0.39, 0.29) is 21.0 Å². The number of carbonyl (C=O) groups excluding carboxylic acids is 2. The summed E-state index contributed by atoms with van der Waals surface area (Å²) in [4.78, 5) is 33.3. The topological polar surface area (TPSA) is 89.5 Å². The van der Waals surface area contributed by atoms with Crippen molar-refractivity contribution in [1.29, 1.82) is 0 Å². The maximum Gasteiger partial charge on any atom is 0.318 e. The van der Waals surface area contributed by atoms with E-state index in [1.54, 1.807) is 24.5 Å². The summed E-state index contributed by atoms with van der Waals surface area (Å²) < 4.78 is 2.55. The molecule has 0 bridgehead atoms. The van der Waals surface area contributed by atoms with Crippen LogP contribution in [0.1, 0.15) is 23.2 Å². The SMILES string of the molecule is O=C(N=c1c(Cl)cn(O)cc1Cl)C(=O)c1cn(CC2CC2)c2ncccc12. The first kappa shape index (κ1) is 17.8. The summed E-state index contributed by atoms with van der Waals surface area (Å²) >= 11 is 11.9. The standard InChI is InChI=1S/C18H14Cl2N4O3/c19-13-8-24(27)9-14(20)15(13)22-18(26)16(25)12-7-23(6-10-3-4-10)17-11(12)2-1-5-21-17/h1-2,5,7-10,27H,3-4,6H2. The van der Waals surface area contributed by atoms with Gasteiger partial charge < -0.3 is 9.77 Å². The Hall–Kier alpha value is -2.64. The van der Waals surface area contributed by atoms with Gasteiger partial charge in [-0.2, -0.15) is 4.73 Å². The van der Waals surface area contributed by atoms with Gasteiger partial charge in [0.2, 0.25) is 0 Å². The second-order valence-electron chi connectivity index (χ2n) is 6.44. The number of carbonyl (C=O) groups is 2. The van der Waals surface area contributed by atoms with Crippen LogP contribution in [0.25, 0.3) is 11.0 Å². The highest BCUT2D eigenvalue weighted by Crippen LogP contribution is 2.32. The molecule has 4 rings (SSSR count). The third kappa shape index (κ3) is 3.48. The highest BCUT2D eigenvalue weighted by atomic mass is 35.5. The number of Topliss-reactive ketones (excluding diaryl/α,β-unsaturated/α-hetero) is 1. The molecular formula is C18H14Cl2N4O3. The molecule has 3 heterocycles. The molecule has 0 unspecified atom stereocenters. The summed E-state index contributed by atoms with van der Waals surface area (Å²) in [5.74, 6) is -1.18. The number of amides is 1. The van der Waals surface area contributed by atoms with E-state index in [1.807, 2.05) is 4.57 Å². The molecule has 9 heteroatoms. The van der Waals surface area contributed by atoms with Crippen LogP contribution in [-0.4, -0.2) is 31.2 Å². The molecular weight excluding hydrogens is 391 g/mol. The van der Waals surface area contributed by atoms with Crippen LogP contribution in [0.3, 0.4) is 0 Å². The fourth-order valence-corrected chi connectivity index (χ4v) is 3.44. The zero-order valence-electron chi connectivity index (χ0n) is 14.0. The molecule has 0 aliphatic heterocycles. The van der Waals surface area contributed by atoms with Crippen LogP contribution in [0.5, 0.6) is 0 Å². The summed E-state index contributed by atoms with van der Waals surface area (Å²) in [5.41, 5.74) is 0.908. The van der Waals surface area contributed by atoms with Crippen LogP contribution < -0.4 is 5.36 Å². The molecule has 0 radical (unpaired) electrons. The van der Waals surface area contributed by atoms with E-state index in [0.29, 0.717) is 21.7 Å². The Balaban J connectivity index is 1.75.